The van der Waals surface area contributed by atoms with Crippen LogP contribution < -0.4 is 5.73 Å². The van der Waals surface area contributed by atoms with E-state index < -0.39 is 5.54 Å². The number of morpholine rings is 1. The largest absolute Gasteiger partial charge is 0.386 e. The summed E-state index contributed by atoms with van der Waals surface area (Å²) in [4.78, 5) is 18.3. The minimum atomic E-state index is -0.436. The van der Waals surface area contributed by atoms with Crippen molar-refractivity contribution in [2.75, 3.05) is 52.5 Å². The molecular formula is C13H25N5O2. The maximum Gasteiger partial charge on any atom is 0.320 e. The van der Waals surface area contributed by atoms with Crippen molar-refractivity contribution < 1.29 is 9.53 Å². The molecule has 0 saturated carbocycles. The molecule has 0 radical (unpaired) electrons. The highest BCUT2D eigenvalue weighted by Crippen LogP contribution is 2.17. The van der Waals surface area contributed by atoms with Gasteiger partial charge in [-0.2, -0.15) is 0 Å². The summed E-state index contributed by atoms with van der Waals surface area (Å²) in [5, 5.41) is 7.66. The van der Waals surface area contributed by atoms with Gasteiger partial charge in [0, 0.05) is 39.3 Å². The standard InChI is InChI=1S/C13H25N5O2/c1-13(2,11(14)15)18-5-3-16(4-6-18)12(19)17-7-9-20-10-8-17/h3-10H2,1-2H3,(H3,14,15). The third-order valence-corrected chi connectivity index (χ3v) is 4.28. The first kappa shape index (κ1) is 15.1. The van der Waals surface area contributed by atoms with E-state index in [0.29, 0.717) is 39.4 Å². The highest BCUT2D eigenvalue weighted by molar-refractivity contribution is 5.86. The van der Waals surface area contributed by atoms with Crippen molar-refractivity contribution in [2.24, 2.45) is 5.73 Å². The Hall–Kier alpha value is -1.34. The minimum absolute atomic E-state index is 0.105. The smallest absolute Gasteiger partial charge is 0.320 e. The fourth-order valence-electron chi connectivity index (χ4n) is 2.58. The molecule has 0 aromatic rings. The second-order valence-electron chi connectivity index (χ2n) is 5.83. The summed E-state index contributed by atoms with van der Waals surface area (Å²) in [6.07, 6.45) is 0. The highest BCUT2D eigenvalue weighted by Gasteiger charge is 2.34. The number of amidine groups is 1. The Morgan fingerprint density at radius 1 is 1.05 bits per heavy atom. The van der Waals surface area contributed by atoms with Gasteiger partial charge < -0.3 is 20.3 Å². The summed E-state index contributed by atoms with van der Waals surface area (Å²) in [7, 11) is 0. The van der Waals surface area contributed by atoms with E-state index in [2.05, 4.69) is 4.90 Å². The number of hydrogen-bond acceptors (Lipinski definition) is 4. The van der Waals surface area contributed by atoms with Crippen molar-refractivity contribution in [1.29, 1.82) is 5.41 Å². The zero-order valence-corrected chi connectivity index (χ0v) is 12.4. The van der Waals surface area contributed by atoms with Crippen LogP contribution >= 0.6 is 0 Å². The van der Waals surface area contributed by atoms with E-state index >= 15 is 0 Å². The van der Waals surface area contributed by atoms with Crippen LogP contribution in [0.1, 0.15) is 13.8 Å². The molecule has 2 amide bonds. The number of carbonyl (C=O) groups is 1. The van der Waals surface area contributed by atoms with Gasteiger partial charge in [-0.3, -0.25) is 10.3 Å². The Morgan fingerprint density at radius 3 is 2.05 bits per heavy atom. The average Bonchev–Trinajstić information content (AvgIpc) is 2.47. The van der Waals surface area contributed by atoms with Crippen molar-refractivity contribution in [3.8, 4) is 0 Å². The number of urea groups is 1. The predicted octanol–water partition coefficient (Wildman–Crippen LogP) is -0.229. The first-order valence-corrected chi connectivity index (χ1v) is 7.14. The molecule has 0 spiro atoms. The van der Waals surface area contributed by atoms with E-state index in [9.17, 15) is 4.79 Å². The van der Waals surface area contributed by atoms with Crippen LogP contribution in [0.15, 0.2) is 0 Å². The van der Waals surface area contributed by atoms with Crippen LogP contribution in [-0.4, -0.2) is 84.6 Å². The first-order chi connectivity index (χ1) is 9.43. The lowest BCUT2D eigenvalue weighted by Gasteiger charge is -2.44. The predicted molar refractivity (Wildman–Crippen MR) is 76.9 cm³/mol. The van der Waals surface area contributed by atoms with Crippen LogP contribution in [0.4, 0.5) is 4.79 Å². The molecule has 2 aliphatic rings. The Balaban J connectivity index is 1.87. The van der Waals surface area contributed by atoms with Gasteiger partial charge in [0.15, 0.2) is 0 Å². The Kier molecular flexibility index (Phi) is 4.49. The van der Waals surface area contributed by atoms with Crippen LogP contribution in [0, 0.1) is 5.41 Å². The van der Waals surface area contributed by atoms with Gasteiger partial charge in [0.2, 0.25) is 0 Å². The Bertz CT molecular complexity index is 371. The molecule has 7 heteroatoms. The Labute approximate surface area is 120 Å². The second-order valence-corrected chi connectivity index (χ2v) is 5.83. The summed E-state index contributed by atoms with van der Waals surface area (Å²) >= 11 is 0. The molecule has 2 saturated heterocycles. The molecule has 0 atom stereocenters. The number of nitrogens with two attached hydrogens (primary N) is 1. The molecule has 3 N–H and O–H groups in total. The number of carbonyl (C=O) groups excluding carboxylic acids is 1. The summed E-state index contributed by atoms with van der Waals surface area (Å²) in [6, 6.07) is 0.105. The third kappa shape index (κ3) is 3.04. The first-order valence-electron chi connectivity index (χ1n) is 7.14. The van der Waals surface area contributed by atoms with E-state index in [0.717, 1.165) is 13.1 Å². The number of piperazine rings is 1. The number of hydrogen-bond donors (Lipinski definition) is 2. The minimum Gasteiger partial charge on any atom is -0.386 e. The lowest BCUT2D eigenvalue weighted by Crippen LogP contribution is -2.61. The zero-order chi connectivity index (χ0) is 14.8. The molecule has 0 unspecified atom stereocenters. The van der Waals surface area contributed by atoms with Crippen molar-refractivity contribution in [1.82, 2.24) is 14.7 Å². The van der Waals surface area contributed by atoms with Crippen molar-refractivity contribution in [3.63, 3.8) is 0 Å². The van der Waals surface area contributed by atoms with Gasteiger partial charge in [-0.05, 0) is 13.8 Å². The number of nitrogens with zero attached hydrogens (tertiary/aromatic N) is 3. The summed E-state index contributed by atoms with van der Waals surface area (Å²) in [6.45, 7) is 9.40. The van der Waals surface area contributed by atoms with Gasteiger partial charge in [-0.25, -0.2) is 4.79 Å². The maximum atomic E-state index is 12.4. The molecule has 0 aromatic heterocycles. The number of nitrogens with one attached hydrogen (secondary N) is 1. The summed E-state index contributed by atoms with van der Waals surface area (Å²) in [5.41, 5.74) is 5.21. The molecule has 0 aliphatic carbocycles. The summed E-state index contributed by atoms with van der Waals surface area (Å²) < 4.78 is 5.27. The highest BCUT2D eigenvalue weighted by atomic mass is 16.5. The molecular weight excluding hydrogens is 258 g/mol. The van der Waals surface area contributed by atoms with Crippen LogP contribution in [0.3, 0.4) is 0 Å². The van der Waals surface area contributed by atoms with Crippen molar-refractivity contribution >= 4 is 11.9 Å². The normalized spacial score (nSPS) is 21.9. The quantitative estimate of drug-likeness (QED) is 0.541. The lowest BCUT2D eigenvalue weighted by atomic mass is 10.0. The van der Waals surface area contributed by atoms with E-state index in [4.69, 9.17) is 15.9 Å². The molecule has 114 valence electrons. The van der Waals surface area contributed by atoms with Gasteiger partial charge in [0.05, 0.1) is 18.8 Å². The van der Waals surface area contributed by atoms with Gasteiger partial charge >= 0.3 is 6.03 Å². The number of amides is 2. The van der Waals surface area contributed by atoms with Crippen LogP contribution in [0.2, 0.25) is 0 Å². The molecule has 0 bridgehead atoms. The summed E-state index contributed by atoms with van der Waals surface area (Å²) in [5.74, 6) is 0.172. The van der Waals surface area contributed by atoms with E-state index in [1.807, 2.05) is 23.6 Å². The van der Waals surface area contributed by atoms with Crippen LogP contribution in [0.5, 0.6) is 0 Å². The van der Waals surface area contributed by atoms with Crippen molar-refractivity contribution in [3.05, 3.63) is 0 Å². The average molecular weight is 283 g/mol. The zero-order valence-electron chi connectivity index (χ0n) is 12.4. The van der Waals surface area contributed by atoms with Gasteiger partial charge in [0.25, 0.3) is 0 Å². The SMILES string of the molecule is CC(C)(C(=N)N)N1CCN(C(=O)N2CCOCC2)CC1. The fraction of sp³-hybridized carbons (Fsp3) is 0.846. The van der Waals surface area contributed by atoms with E-state index in [1.54, 1.807) is 0 Å². The Morgan fingerprint density at radius 2 is 1.55 bits per heavy atom. The number of rotatable bonds is 2. The third-order valence-electron chi connectivity index (χ3n) is 4.28. The molecule has 2 heterocycles. The molecule has 2 rings (SSSR count). The second kappa shape index (κ2) is 5.97. The maximum absolute atomic E-state index is 12.4. The van der Waals surface area contributed by atoms with E-state index in [-0.39, 0.29) is 11.9 Å². The fourth-order valence-corrected chi connectivity index (χ4v) is 2.58. The van der Waals surface area contributed by atoms with Crippen LogP contribution in [-0.2, 0) is 4.74 Å². The molecule has 0 aromatic carbocycles. The number of ether oxygens (including phenoxy) is 1. The van der Waals surface area contributed by atoms with Gasteiger partial charge in [-0.1, -0.05) is 0 Å². The monoisotopic (exact) mass is 283 g/mol. The van der Waals surface area contributed by atoms with Gasteiger partial charge in [0.1, 0.15) is 5.84 Å². The van der Waals surface area contributed by atoms with Crippen LogP contribution in [0.25, 0.3) is 0 Å². The molecule has 7 nitrogen and oxygen atoms in total. The van der Waals surface area contributed by atoms with Crippen molar-refractivity contribution in [2.45, 2.75) is 19.4 Å². The molecule has 2 aliphatic heterocycles. The van der Waals surface area contributed by atoms with Gasteiger partial charge in [-0.15, -0.1) is 0 Å². The lowest BCUT2D eigenvalue weighted by molar-refractivity contribution is 0.0331. The molecule has 2 fully saturated rings. The van der Waals surface area contributed by atoms with E-state index in [1.165, 1.54) is 0 Å². The molecule has 20 heavy (non-hydrogen) atoms. The topological polar surface area (TPSA) is 85.9 Å².